The smallest absolute Gasteiger partial charge is 0.248 e. The molecule has 0 aliphatic rings. The lowest BCUT2D eigenvalue weighted by Crippen LogP contribution is -2.06. The van der Waals surface area contributed by atoms with Crippen LogP contribution in [0.2, 0.25) is 0 Å². The zero-order chi connectivity index (χ0) is 10.5. The van der Waals surface area contributed by atoms with Gasteiger partial charge in [-0.2, -0.15) is 0 Å². The predicted molar refractivity (Wildman–Crippen MR) is 52.9 cm³/mol. The van der Waals surface area contributed by atoms with Gasteiger partial charge in [0, 0.05) is 6.08 Å². The van der Waals surface area contributed by atoms with Gasteiger partial charge in [-0.15, -0.1) is 0 Å². The Bertz CT molecular complexity index is 443. The van der Waals surface area contributed by atoms with Gasteiger partial charge in [-0.25, -0.2) is 0 Å². The summed E-state index contributed by atoms with van der Waals surface area (Å²) in [6.45, 7) is 0. The Hall–Kier alpha value is -2.30. The number of amides is 1. The van der Waals surface area contributed by atoms with Crippen molar-refractivity contribution in [2.45, 2.75) is 0 Å². The van der Waals surface area contributed by atoms with Gasteiger partial charge in [0.2, 0.25) is 5.91 Å². The van der Waals surface area contributed by atoms with Crippen molar-refractivity contribution in [3.63, 3.8) is 0 Å². The van der Waals surface area contributed by atoms with Crippen LogP contribution in [0.15, 0.2) is 45.9 Å². The molecular weight excluding hydrogens is 196 g/mol. The van der Waals surface area contributed by atoms with Gasteiger partial charge in [0.1, 0.15) is 17.7 Å². The van der Waals surface area contributed by atoms with E-state index in [1.165, 1.54) is 24.8 Å². The van der Waals surface area contributed by atoms with E-state index in [0.717, 1.165) is 0 Å². The summed E-state index contributed by atoms with van der Waals surface area (Å²) in [6, 6.07) is 3.50. The molecule has 0 bridgehead atoms. The topological polar surface area (TPSA) is 68.3 Å². The Labute approximate surface area is 85.4 Å². The average Bonchev–Trinajstić information content (AvgIpc) is 2.86. The molecule has 0 spiro atoms. The molecule has 0 aliphatic heterocycles. The monoisotopic (exact) mass is 204 g/mol. The number of nitrogens with one attached hydrogen (secondary N) is 1. The maximum Gasteiger partial charge on any atom is 0.248 e. The summed E-state index contributed by atoms with van der Waals surface area (Å²) in [6.07, 6.45) is 7.24. The molecule has 0 aromatic carbocycles. The lowest BCUT2D eigenvalue weighted by atomic mass is 10.4. The molecule has 0 atom stereocenters. The first kappa shape index (κ1) is 9.26. The summed E-state index contributed by atoms with van der Waals surface area (Å²) in [5, 5.41) is 6.01. The van der Waals surface area contributed by atoms with E-state index in [1.807, 2.05) is 0 Å². The summed E-state index contributed by atoms with van der Waals surface area (Å²) in [4.78, 5) is 11.3. The minimum Gasteiger partial charge on any atom is -0.465 e. The van der Waals surface area contributed by atoms with E-state index in [0.29, 0.717) is 11.4 Å². The van der Waals surface area contributed by atoms with Gasteiger partial charge in [-0.1, -0.05) is 5.16 Å². The minimum absolute atomic E-state index is 0.269. The molecule has 15 heavy (non-hydrogen) atoms. The summed E-state index contributed by atoms with van der Waals surface area (Å²) in [7, 11) is 0. The Morgan fingerprint density at radius 1 is 1.53 bits per heavy atom. The third-order valence-corrected chi connectivity index (χ3v) is 1.64. The maximum absolute atomic E-state index is 11.3. The molecule has 2 heterocycles. The Morgan fingerprint density at radius 2 is 2.47 bits per heavy atom. The Kier molecular flexibility index (Phi) is 2.64. The van der Waals surface area contributed by atoms with Crippen molar-refractivity contribution < 1.29 is 13.7 Å². The van der Waals surface area contributed by atoms with Crippen LogP contribution in [0, 0.1) is 0 Å². The molecule has 0 saturated carbocycles. The molecule has 2 aromatic heterocycles. The molecular formula is C10H8N2O3. The summed E-state index contributed by atoms with van der Waals surface area (Å²) < 4.78 is 9.58. The van der Waals surface area contributed by atoms with E-state index in [-0.39, 0.29) is 5.91 Å². The Balaban J connectivity index is 1.93. The van der Waals surface area contributed by atoms with Crippen LogP contribution >= 0.6 is 0 Å². The van der Waals surface area contributed by atoms with Crippen LogP contribution in [-0.2, 0) is 4.79 Å². The van der Waals surface area contributed by atoms with E-state index >= 15 is 0 Å². The Morgan fingerprint density at radius 3 is 3.13 bits per heavy atom. The summed E-state index contributed by atoms with van der Waals surface area (Å²) >= 11 is 0. The second-order valence-corrected chi connectivity index (χ2v) is 2.75. The van der Waals surface area contributed by atoms with Crippen LogP contribution < -0.4 is 5.32 Å². The highest BCUT2D eigenvalue weighted by Gasteiger charge is 1.99. The van der Waals surface area contributed by atoms with Gasteiger partial charge in [0.25, 0.3) is 0 Å². The molecule has 2 aromatic rings. The number of hydrogen-bond acceptors (Lipinski definition) is 4. The number of hydrogen-bond donors (Lipinski definition) is 1. The fourth-order valence-electron chi connectivity index (χ4n) is 0.994. The van der Waals surface area contributed by atoms with Crippen LogP contribution in [0.1, 0.15) is 5.76 Å². The maximum atomic E-state index is 11.3. The van der Waals surface area contributed by atoms with E-state index < -0.39 is 0 Å². The molecule has 0 fully saturated rings. The van der Waals surface area contributed by atoms with Crippen molar-refractivity contribution in [1.29, 1.82) is 0 Å². The molecule has 2 rings (SSSR count). The highest BCUT2D eigenvalue weighted by Crippen LogP contribution is 2.05. The quantitative estimate of drug-likeness (QED) is 0.775. The van der Waals surface area contributed by atoms with E-state index in [2.05, 4.69) is 15.0 Å². The third-order valence-electron chi connectivity index (χ3n) is 1.64. The third kappa shape index (κ3) is 2.57. The van der Waals surface area contributed by atoms with Gasteiger partial charge in [-0.05, 0) is 18.2 Å². The van der Waals surface area contributed by atoms with Crippen LogP contribution in [0.4, 0.5) is 5.69 Å². The largest absolute Gasteiger partial charge is 0.465 e. The van der Waals surface area contributed by atoms with Crippen molar-refractivity contribution >= 4 is 17.7 Å². The fourth-order valence-corrected chi connectivity index (χ4v) is 0.994. The predicted octanol–water partition coefficient (Wildman–Crippen LogP) is 1.92. The fraction of sp³-hybridized carbons (Fsp3) is 0. The van der Waals surface area contributed by atoms with Crippen LogP contribution in [-0.4, -0.2) is 11.1 Å². The van der Waals surface area contributed by atoms with Crippen LogP contribution in [0.3, 0.4) is 0 Å². The van der Waals surface area contributed by atoms with Gasteiger partial charge in [-0.3, -0.25) is 4.79 Å². The summed E-state index contributed by atoms with van der Waals surface area (Å²) in [5.41, 5.74) is 0.518. The number of nitrogens with zero attached hydrogens (tertiary/aromatic N) is 1. The SMILES string of the molecule is O=C(/C=C/c1ccco1)Nc1cnoc1. The molecule has 0 unspecified atom stereocenters. The van der Waals surface area contributed by atoms with E-state index in [4.69, 9.17) is 4.42 Å². The summed E-state index contributed by atoms with van der Waals surface area (Å²) in [5.74, 6) is 0.352. The number of anilines is 1. The first-order chi connectivity index (χ1) is 7.34. The molecule has 76 valence electrons. The minimum atomic E-state index is -0.269. The number of carbonyl (C=O) groups excluding carboxylic acids is 1. The van der Waals surface area contributed by atoms with E-state index in [9.17, 15) is 4.79 Å². The molecule has 1 amide bonds. The van der Waals surface area contributed by atoms with Crippen molar-refractivity contribution in [2.24, 2.45) is 0 Å². The van der Waals surface area contributed by atoms with Crippen molar-refractivity contribution in [1.82, 2.24) is 5.16 Å². The highest BCUT2D eigenvalue weighted by molar-refractivity contribution is 6.01. The van der Waals surface area contributed by atoms with Gasteiger partial charge < -0.3 is 14.3 Å². The highest BCUT2D eigenvalue weighted by atomic mass is 16.5. The molecule has 1 N–H and O–H groups in total. The number of aromatic nitrogens is 1. The van der Waals surface area contributed by atoms with Gasteiger partial charge in [0.05, 0.1) is 12.5 Å². The number of carbonyl (C=O) groups is 1. The van der Waals surface area contributed by atoms with Crippen molar-refractivity contribution in [2.75, 3.05) is 5.32 Å². The lowest BCUT2D eigenvalue weighted by Gasteiger charge is -1.93. The zero-order valence-corrected chi connectivity index (χ0v) is 7.71. The zero-order valence-electron chi connectivity index (χ0n) is 7.71. The standard InChI is InChI=1S/C10H8N2O3/c13-10(12-8-6-11-15-7-8)4-3-9-2-1-5-14-9/h1-7H,(H,12,13)/b4-3+. The first-order valence-electron chi connectivity index (χ1n) is 4.26. The van der Waals surface area contributed by atoms with Gasteiger partial charge >= 0.3 is 0 Å². The van der Waals surface area contributed by atoms with E-state index in [1.54, 1.807) is 18.2 Å². The van der Waals surface area contributed by atoms with Crippen LogP contribution in [0.25, 0.3) is 6.08 Å². The molecule has 5 heteroatoms. The molecule has 0 radical (unpaired) electrons. The number of rotatable bonds is 3. The van der Waals surface area contributed by atoms with Crippen LogP contribution in [0.5, 0.6) is 0 Å². The lowest BCUT2D eigenvalue weighted by molar-refractivity contribution is -0.111. The molecule has 5 nitrogen and oxygen atoms in total. The second-order valence-electron chi connectivity index (χ2n) is 2.75. The van der Waals surface area contributed by atoms with Crippen molar-refractivity contribution in [3.05, 3.63) is 42.7 Å². The second kappa shape index (κ2) is 4.28. The first-order valence-corrected chi connectivity index (χ1v) is 4.26. The molecule has 0 aliphatic carbocycles. The van der Waals surface area contributed by atoms with Gasteiger partial charge in [0.15, 0.2) is 0 Å². The van der Waals surface area contributed by atoms with Crippen molar-refractivity contribution in [3.8, 4) is 0 Å². The molecule has 0 saturated heterocycles. The average molecular weight is 204 g/mol. The number of furan rings is 1. The normalized spacial score (nSPS) is 10.7.